The van der Waals surface area contributed by atoms with E-state index >= 15 is 0 Å². The summed E-state index contributed by atoms with van der Waals surface area (Å²) in [6.45, 7) is 0.252. The van der Waals surface area contributed by atoms with Crippen molar-refractivity contribution in [1.82, 2.24) is 9.97 Å². The second kappa shape index (κ2) is 4.99. The highest BCUT2D eigenvalue weighted by atomic mass is 16.5. The summed E-state index contributed by atoms with van der Waals surface area (Å²) in [4.78, 5) is 18.7. The molecule has 1 aromatic carbocycles. The number of fused-ring (bicyclic) bond motifs is 1. The zero-order valence-corrected chi connectivity index (χ0v) is 10.8. The molecule has 0 unspecified atom stereocenters. The van der Waals surface area contributed by atoms with Crippen molar-refractivity contribution in [3.8, 4) is 17.9 Å². The van der Waals surface area contributed by atoms with Crippen LogP contribution >= 0.6 is 0 Å². The molecule has 1 amide bonds. The van der Waals surface area contributed by atoms with Crippen molar-refractivity contribution in [3.63, 3.8) is 0 Å². The van der Waals surface area contributed by atoms with E-state index in [1.165, 1.54) is 0 Å². The van der Waals surface area contributed by atoms with Crippen LogP contribution in [0.15, 0.2) is 24.3 Å². The number of imidazole rings is 1. The lowest BCUT2D eigenvalue weighted by atomic mass is 10.0. The number of aromatic amines is 1. The Morgan fingerprint density at radius 1 is 1.38 bits per heavy atom. The zero-order chi connectivity index (χ0) is 14.8. The number of nitrogens with zero attached hydrogens (tertiary/aromatic N) is 3. The van der Waals surface area contributed by atoms with Gasteiger partial charge in [-0.25, -0.2) is 4.98 Å². The average molecular weight is 279 g/mol. The van der Waals surface area contributed by atoms with Gasteiger partial charge in [-0.15, -0.1) is 0 Å². The number of amides is 1. The Kier molecular flexibility index (Phi) is 3.02. The summed E-state index contributed by atoms with van der Waals surface area (Å²) in [6, 6.07) is 10.9. The Labute approximate surface area is 119 Å². The number of hydrogen-bond donors (Lipinski definition) is 2. The van der Waals surface area contributed by atoms with E-state index in [0.717, 1.165) is 5.56 Å². The Hall–Kier alpha value is -3.32. The van der Waals surface area contributed by atoms with Crippen molar-refractivity contribution < 1.29 is 9.53 Å². The van der Waals surface area contributed by atoms with Crippen LogP contribution in [0.25, 0.3) is 0 Å². The molecule has 1 aliphatic heterocycles. The van der Waals surface area contributed by atoms with Crippen LogP contribution in [-0.2, 0) is 4.79 Å². The first-order valence-corrected chi connectivity index (χ1v) is 6.15. The highest BCUT2D eigenvalue weighted by Crippen LogP contribution is 2.33. The number of anilines is 1. The van der Waals surface area contributed by atoms with E-state index < -0.39 is 5.92 Å². The van der Waals surface area contributed by atoms with Crippen LogP contribution < -0.4 is 10.1 Å². The molecule has 1 aliphatic rings. The molecule has 1 aromatic heterocycles. The number of H-pyrrole nitrogens is 1. The van der Waals surface area contributed by atoms with Gasteiger partial charge in [0.15, 0.2) is 11.4 Å². The molecule has 3 rings (SSSR count). The number of nitriles is 2. The molecule has 0 bridgehead atoms. The van der Waals surface area contributed by atoms with Gasteiger partial charge in [0, 0.05) is 5.56 Å². The van der Waals surface area contributed by atoms with Gasteiger partial charge in [-0.3, -0.25) is 10.1 Å². The lowest BCUT2D eigenvalue weighted by Crippen LogP contribution is -2.22. The number of para-hydroxylation sites is 1. The molecule has 0 fully saturated rings. The molecule has 2 N–H and O–H groups in total. The molecule has 0 radical (unpaired) electrons. The minimum absolute atomic E-state index is 0.0240. The van der Waals surface area contributed by atoms with E-state index in [1.807, 2.05) is 24.3 Å². The first-order valence-electron chi connectivity index (χ1n) is 6.15. The summed E-state index contributed by atoms with van der Waals surface area (Å²) in [5.41, 5.74) is 0.786. The Balaban J connectivity index is 1.81. The van der Waals surface area contributed by atoms with E-state index in [-0.39, 0.29) is 29.9 Å². The van der Waals surface area contributed by atoms with Gasteiger partial charge in [0.05, 0.1) is 0 Å². The third-order valence-corrected chi connectivity index (χ3v) is 3.18. The number of nitrogens with one attached hydrogen (secondary N) is 2. The van der Waals surface area contributed by atoms with Gasteiger partial charge in [-0.05, 0) is 6.07 Å². The first kappa shape index (κ1) is 12.7. The summed E-state index contributed by atoms with van der Waals surface area (Å²) in [7, 11) is 0. The fraction of sp³-hybridized carbons (Fsp3) is 0.143. The summed E-state index contributed by atoms with van der Waals surface area (Å²) >= 11 is 0. The maximum absolute atomic E-state index is 12.3. The van der Waals surface area contributed by atoms with Crippen molar-refractivity contribution in [2.45, 2.75) is 5.92 Å². The Bertz CT molecular complexity index is 765. The van der Waals surface area contributed by atoms with Crippen molar-refractivity contribution in [3.05, 3.63) is 41.2 Å². The zero-order valence-electron chi connectivity index (χ0n) is 10.8. The largest absolute Gasteiger partial charge is 0.492 e. The topological polar surface area (TPSA) is 115 Å². The van der Waals surface area contributed by atoms with E-state index in [1.54, 1.807) is 12.1 Å². The number of hydrogen-bond acceptors (Lipinski definition) is 5. The van der Waals surface area contributed by atoms with Gasteiger partial charge in [0.25, 0.3) is 0 Å². The first-order chi connectivity index (χ1) is 10.2. The molecule has 102 valence electrons. The van der Waals surface area contributed by atoms with Gasteiger partial charge in [-0.2, -0.15) is 10.5 Å². The monoisotopic (exact) mass is 279 g/mol. The van der Waals surface area contributed by atoms with Crippen molar-refractivity contribution in [1.29, 1.82) is 10.5 Å². The third-order valence-electron chi connectivity index (χ3n) is 3.18. The Morgan fingerprint density at radius 2 is 2.19 bits per heavy atom. The van der Waals surface area contributed by atoms with Crippen molar-refractivity contribution in [2.75, 3.05) is 11.9 Å². The highest BCUT2D eigenvalue weighted by molar-refractivity contribution is 5.95. The van der Waals surface area contributed by atoms with Crippen LogP contribution in [0.1, 0.15) is 22.9 Å². The number of ether oxygens (including phenoxy) is 1. The summed E-state index contributed by atoms with van der Waals surface area (Å²) in [5.74, 6) is 0.0232. The quantitative estimate of drug-likeness (QED) is 0.859. The minimum atomic E-state index is -0.442. The lowest BCUT2D eigenvalue weighted by Gasteiger charge is -2.07. The summed E-state index contributed by atoms with van der Waals surface area (Å²) in [6.07, 6.45) is 0. The van der Waals surface area contributed by atoms with Crippen molar-refractivity contribution in [2.24, 2.45) is 0 Å². The third kappa shape index (κ3) is 2.17. The van der Waals surface area contributed by atoms with Crippen LogP contribution in [0.4, 0.5) is 5.95 Å². The predicted octanol–water partition coefficient (Wildman–Crippen LogP) is 1.27. The van der Waals surface area contributed by atoms with Crippen LogP contribution in [-0.4, -0.2) is 22.5 Å². The van der Waals surface area contributed by atoms with Crippen LogP contribution in [0, 0.1) is 22.7 Å². The molecule has 1 atom stereocenters. The van der Waals surface area contributed by atoms with E-state index in [4.69, 9.17) is 15.3 Å². The Morgan fingerprint density at radius 3 is 2.90 bits per heavy atom. The molecule has 0 saturated heterocycles. The molecule has 0 spiro atoms. The predicted molar refractivity (Wildman–Crippen MR) is 71.3 cm³/mol. The van der Waals surface area contributed by atoms with E-state index in [9.17, 15) is 4.79 Å². The number of carbonyl (C=O) groups is 1. The van der Waals surface area contributed by atoms with Gasteiger partial charge < -0.3 is 9.72 Å². The second-order valence-corrected chi connectivity index (χ2v) is 4.42. The minimum Gasteiger partial charge on any atom is -0.492 e. The normalized spacial score (nSPS) is 15.4. The highest BCUT2D eigenvalue weighted by Gasteiger charge is 2.30. The molecule has 2 aromatic rings. The number of carbonyl (C=O) groups excluding carboxylic acids is 1. The van der Waals surface area contributed by atoms with E-state index in [0.29, 0.717) is 5.75 Å². The van der Waals surface area contributed by atoms with Gasteiger partial charge in [0.2, 0.25) is 11.9 Å². The molecule has 21 heavy (non-hydrogen) atoms. The second-order valence-electron chi connectivity index (χ2n) is 4.42. The smallest absolute Gasteiger partial charge is 0.237 e. The molecule has 0 saturated carbocycles. The summed E-state index contributed by atoms with van der Waals surface area (Å²) in [5, 5.41) is 20.2. The molecule has 7 heteroatoms. The van der Waals surface area contributed by atoms with Gasteiger partial charge in [0.1, 0.15) is 30.4 Å². The number of rotatable bonds is 2. The average Bonchev–Trinajstić information content (AvgIpc) is 3.10. The summed E-state index contributed by atoms with van der Waals surface area (Å²) < 4.78 is 5.45. The maximum atomic E-state index is 12.3. The maximum Gasteiger partial charge on any atom is 0.237 e. The SMILES string of the molecule is N#Cc1nc(NC(=O)[C@@H]2COc3ccccc32)[nH]c1C#N. The van der Waals surface area contributed by atoms with Crippen LogP contribution in [0.3, 0.4) is 0 Å². The number of benzene rings is 1. The lowest BCUT2D eigenvalue weighted by molar-refractivity contribution is -0.117. The van der Waals surface area contributed by atoms with Crippen LogP contribution in [0.5, 0.6) is 5.75 Å². The number of aromatic nitrogens is 2. The molecule has 2 heterocycles. The molecular formula is C14H9N5O2. The molecular weight excluding hydrogens is 270 g/mol. The molecule has 7 nitrogen and oxygen atoms in total. The van der Waals surface area contributed by atoms with Gasteiger partial charge in [-0.1, -0.05) is 18.2 Å². The van der Waals surface area contributed by atoms with Crippen LogP contribution in [0.2, 0.25) is 0 Å². The fourth-order valence-electron chi connectivity index (χ4n) is 2.18. The van der Waals surface area contributed by atoms with Gasteiger partial charge >= 0.3 is 0 Å². The fourth-order valence-corrected chi connectivity index (χ4v) is 2.18. The molecule has 0 aliphatic carbocycles. The van der Waals surface area contributed by atoms with E-state index in [2.05, 4.69) is 15.3 Å². The van der Waals surface area contributed by atoms with Crippen molar-refractivity contribution >= 4 is 11.9 Å². The standard InChI is InChI=1S/C14H9N5O2/c15-5-10-11(6-16)18-14(17-10)19-13(20)9-7-21-12-4-2-1-3-8(9)12/h1-4,9H,7H2,(H2,17,18,19,20)/t9-/m1/s1.